The molecule has 144 valence electrons. The van der Waals surface area contributed by atoms with Gasteiger partial charge in [0.1, 0.15) is 0 Å². The minimum atomic E-state index is 0. The maximum Gasteiger partial charge on any atom is 0.0511 e. The summed E-state index contributed by atoms with van der Waals surface area (Å²) in [5, 5.41) is 1.26. The molecule has 1 unspecified atom stereocenters. The third-order valence-corrected chi connectivity index (χ3v) is 6.19. The zero-order chi connectivity index (χ0) is 18.6. The summed E-state index contributed by atoms with van der Waals surface area (Å²) in [5.41, 5.74) is 9.19. The molecule has 27 heavy (non-hydrogen) atoms. The lowest BCUT2D eigenvalue weighted by atomic mass is 9.68. The Kier molecular flexibility index (Phi) is 8.07. The molecule has 0 saturated heterocycles. The fraction of sp³-hybridized carbons (Fsp3) is 0.391. The SMILES string of the molecule is CC(N)C1(CC#Cc2cc(Cl)c(-c3ccccc3)c(Cl)c2)CCCCC1.Cl. The first kappa shape index (κ1) is 22.1. The third kappa shape index (κ3) is 5.21. The van der Waals surface area contributed by atoms with E-state index in [1.807, 2.05) is 42.5 Å². The average Bonchev–Trinajstić information content (AvgIpc) is 2.63. The zero-order valence-electron chi connectivity index (χ0n) is 15.6. The second-order valence-corrected chi connectivity index (χ2v) is 8.19. The van der Waals surface area contributed by atoms with Crippen LogP contribution in [0.15, 0.2) is 42.5 Å². The van der Waals surface area contributed by atoms with Gasteiger partial charge < -0.3 is 5.73 Å². The van der Waals surface area contributed by atoms with E-state index in [2.05, 4.69) is 18.8 Å². The van der Waals surface area contributed by atoms with Gasteiger partial charge in [0.15, 0.2) is 0 Å². The molecular formula is C23H26Cl3N. The topological polar surface area (TPSA) is 26.0 Å². The van der Waals surface area contributed by atoms with Crippen molar-refractivity contribution in [2.75, 3.05) is 0 Å². The highest BCUT2D eigenvalue weighted by atomic mass is 35.5. The molecule has 2 aromatic carbocycles. The van der Waals surface area contributed by atoms with E-state index in [-0.39, 0.29) is 23.9 Å². The quantitative estimate of drug-likeness (QED) is 0.523. The number of nitrogens with two attached hydrogens (primary N) is 1. The van der Waals surface area contributed by atoms with E-state index in [4.69, 9.17) is 28.9 Å². The molecule has 1 nitrogen and oxygen atoms in total. The Morgan fingerprint density at radius 3 is 2.19 bits per heavy atom. The van der Waals surface area contributed by atoms with Crippen LogP contribution < -0.4 is 5.73 Å². The second-order valence-electron chi connectivity index (χ2n) is 7.37. The molecule has 2 aromatic rings. The summed E-state index contributed by atoms with van der Waals surface area (Å²) in [5.74, 6) is 6.62. The zero-order valence-corrected chi connectivity index (χ0v) is 17.9. The first-order chi connectivity index (χ1) is 12.5. The Balaban J connectivity index is 0.00000261. The molecule has 0 spiro atoms. The van der Waals surface area contributed by atoms with Crippen LogP contribution in [0.2, 0.25) is 10.0 Å². The minimum absolute atomic E-state index is 0. The fourth-order valence-electron chi connectivity index (χ4n) is 3.90. The van der Waals surface area contributed by atoms with Crippen molar-refractivity contribution in [2.24, 2.45) is 11.1 Å². The molecular weight excluding hydrogens is 397 g/mol. The summed E-state index contributed by atoms with van der Waals surface area (Å²) < 4.78 is 0. The van der Waals surface area contributed by atoms with Crippen molar-refractivity contribution in [3.05, 3.63) is 58.1 Å². The van der Waals surface area contributed by atoms with Crippen LogP contribution in [-0.2, 0) is 0 Å². The van der Waals surface area contributed by atoms with E-state index < -0.39 is 0 Å². The number of hydrogen-bond acceptors (Lipinski definition) is 1. The van der Waals surface area contributed by atoms with Crippen LogP contribution >= 0.6 is 35.6 Å². The summed E-state index contributed by atoms with van der Waals surface area (Å²) in [7, 11) is 0. The smallest absolute Gasteiger partial charge is 0.0511 e. The van der Waals surface area contributed by atoms with Crippen LogP contribution in [0.1, 0.15) is 51.0 Å². The molecule has 1 saturated carbocycles. The molecule has 1 aliphatic carbocycles. The number of rotatable bonds is 3. The van der Waals surface area contributed by atoms with Crippen LogP contribution in [0, 0.1) is 17.3 Å². The Morgan fingerprint density at radius 1 is 1.04 bits per heavy atom. The van der Waals surface area contributed by atoms with Crippen LogP contribution in [-0.4, -0.2) is 6.04 Å². The Labute approximate surface area is 179 Å². The Bertz CT molecular complexity index is 790. The maximum atomic E-state index is 6.50. The van der Waals surface area contributed by atoms with Gasteiger partial charge in [-0.2, -0.15) is 0 Å². The standard InChI is InChI=1S/C23H25Cl2N.ClH/c1-17(26)23(12-6-3-7-13-23)14-8-9-18-15-20(24)22(21(25)16-18)19-10-4-2-5-11-19;/h2,4-5,10-11,15-17H,3,6-7,12-14,26H2,1H3;1H. The number of halogens is 3. The van der Waals surface area contributed by atoms with E-state index in [1.54, 1.807) is 0 Å². The summed E-state index contributed by atoms with van der Waals surface area (Å²) in [4.78, 5) is 0. The third-order valence-electron chi connectivity index (χ3n) is 5.59. The van der Waals surface area contributed by atoms with Gasteiger partial charge in [-0.3, -0.25) is 0 Å². The molecule has 0 amide bonds. The Morgan fingerprint density at radius 2 is 1.63 bits per heavy atom. The summed E-state index contributed by atoms with van der Waals surface area (Å²) in [6, 6.07) is 13.9. The fourth-order valence-corrected chi connectivity index (χ4v) is 4.60. The van der Waals surface area contributed by atoms with Crippen molar-refractivity contribution in [1.82, 2.24) is 0 Å². The van der Waals surface area contributed by atoms with Crippen molar-refractivity contribution in [3.8, 4) is 23.0 Å². The monoisotopic (exact) mass is 421 g/mol. The van der Waals surface area contributed by atoms with Crippen LogP contribution in [0.25, 0.3) is 11.1 Å². The van der Waals surface area contributed by atoms with Gasteiger partial charge in [0, 0.05) is 23.6 Å². The predicted molar refractivity (Wildman–Crippen MR) is 120 cm³/mol. The van der Waals surface area contributed by atoms with Gasteiger partial charge >= 0.3 is 0 Å². The maximum absolute atomic E-state index is 6.50. The minimum Gasteiger partial charge on any atom is -0.327 e. The van der Waals surface area contributed by atoms with Crippen molar-refractivity contribution in [2.45, 2.75) is 51.5 Å². The van der Waals surface area contributed by atoms with Gasteiger partial charge in [-0.05, 0) is 42.9 Å². The predicted octanol–water partition coefficient (Wildman–Crippen LogP) is 7.12. The van der Waals surface area contributed by atoms with Gasteiger partial charge in [0.2, 0.25) is 0 Å². The highest BCUT2D eigenvalue weighted by molar-refractivity contribution is 6.39. The van der Waals surface area contributed by atoms with E-state index >= 15 is 0 Å². The first-order valence-corrected chi connectivity index (χ1v) is 10.1. The molecule has 2 N–H and O–H groups in total. The molecule has 0 bridgehead atoms. The highest BCUT2D eigenvalue weighted by Crippen LogP contribution is 2.41. The lowest BCUT2D eigenvalue weighted by molar-refractivity contribution is 0.159. The molecule has 1 aliphatic rings. The Hall–Kier alpha value is -1.17. The second kappa shape index (κ2) is 9.85. The lowest BCUT2D eigenvalue weighted by Gasteiger charge is -2.39. The molecule has 1 fully saturated rings. The molecule has 0 heterocycles. The van der Waals surface area contributed by atoms with Gasteiger partial charge in [-0.15, -0.1) is 12.4 Å². The van der Waals surface area contributed by atoms with Gasteiger partial charge in [0.25, 0.3) is 0 Å². The highest BCUT2D eigenvalue weighted by Gasteiger charge is 2.34. The van der Waals surface area contributed by atoms with Crippen molar-refractivity contribution in [3.63, 3.8) is 0 Å². The molecule has 0 aliphatic heterocycles. The lowest BCUT2D eigenvalue weighted by Crippen LogP contribution is -2.40. The average molecular weight is 423 g/mol. The molecule has 3 rings (SSSR count). The van der Waals surface area contributed by atoms with Gasteiger partial charge in [-0.1, -0.05) is 84.6 Å². The summed E-state index contributed by atoms with van der Waals surface area (Å²) in [6.45, 7) is 2.12. The first-order valence-electron chi connectivity index (χ1n) is 9.31. The van der Waals surface area contributed by atoms with E-state index in [1.165, 1.54) is 32.1 Å². The van der Waals surface area contributed by atoms with Crippen molar-refractivity contribution < 1.29 is 0 Å². The van der Waals surface area contributed by atoms with E-state index in [9.17, 15) is 0 Å². The molecule has 0 radical (unpaired) electrons. The number of benzene rings is 2. The normalized spacial score (nSPS) is 16.6. The molecule has 1 atom stereocenters. The van der Waals surface area contributed by atoms with Gasteiger partial charge in [0.05, 0.1) is 10.0 Å². The van der Waals surface area contributed by atoms with Crippen LogP contribution in [0.3, 0.4) is 0 Å². The van der Waals surface area contributed by atoms with Crippen LogP contribution in [0.4, 0.5) is 0 Å². The molecule has 4 heteroatoms. The van der Waals surface area contributed by atoms with Gasteiger partial charge in [-0.25, -0.2) is 0 Å². The summed E-state index contributed by atoms with van der Waals surface area (Å²) >= 11 is 13.0. The number of hydrogen-bond donors (Lipinski definition) is 1. The van der Waals surface area contributed by atoms with Crippen LogP contribution in [0.5, 0.6) is 0 Å². The molecule has 0 aromatic heterocycles. The summed E-state index contributed by atoms with van der Waals surface area (Å²) in [6.07, 6.45) is 7.01. The van der Waals surface area contributed by atoms with E-state index in [0.717, 1.165) is 23.1 Å². The van der Waals surface area contributed by atoms with Crippen molar-refractivity contribution >= 4 is 35.6 Å². The van der Waals surface area contributed by atoms with E-state index in [0.29, 0.717) is 10.0 Å². The van der Waals surface area contributed by atoms with Crippen molar-refractivity contribution in [1.29, 1.82) is 0 Å². The largest absolute Gasteiger partial charge is 0.327 e.